The highest BCUT2D eigenvalue weighted by atomic mass is 35.5. The topological polar surface area (TPSA) is 34.6 Å². The quantitative estimate of drug-likeness (QED) is 0.602. The van der Waals surface area contributed by atoms with E-state index >= 15 is 0 Å². The molecule has 1 fully saturated rings. The van der Waals surface area contributed by atoms with Crippen LogP contribution in [0.3, 0.4) is 0 Å². The monoisotopic (exact) mass is 406 g/mol. The Kier molecular flexibility index (Phi) is 7.13. The average molecular weight is 407 g/mol. The van der Waals surface area contributed by atoms with Gasteiger partial charge in [0.05, 0.1) is 18.2 Å². The van der Waals surface area contributed by atoms with Crippen molar-refractivity contribution < 1.29 is 9.47 Å². The molecule has 0 unspecified atom stereocenters. The van der Waals surface area contributed by atoms with E-state index in [-0.39, 0.29) is 6.10 Å². The molecule has 4 nitrogen and oxygen atoms in total. The number of halogens is 1. The highest BCUT2D eigenvalue weighted by Gasteiger charge is 2.20. The summed E-state index contributed by atoms with van der Waals surface area (Å²) >= 11 is 10.8. The van der Waals surface area contributed by atoms with Crippen molar-refractivity contribution in [1.82, 2.24) is 4.98 Å². The van der Waals surface area contributed by atoms with Crippen LogP contribution in [0.5, 0.6) is 11.5 Å². The normalized spacial score (nSPS) is 14.4. The van der Waals surface area contributed by atoms with E-state index in [4.69, 9.17) is 21.1 Å². The van der Waals surface area contributed by atoms with Gasteiger partial charge in [-0.2, -0.15) is 12.6 Å². The Morgan fingerprint density at radius 3 is 2.67 bits per heavy atom. The first-order valence-corrected chi connectivity index (χ1v) is 10.4. The third-order valence-corrected chi connectivity index (χ3v) is 5.57. The summed E-state index contributed by atoms with van der Waals surface area (Å²) in [6, 6.07) is 6.12. The van der Waals surface area contributed by atoms with E-state index in [1.807, 2.05) is 19.2 Å². The summed E-state index contributed by atoms with van der Waals surface area (Å²) in [6.45, 7) is 3.54. The maximum atomic E-state index is 6.40. The molecule has 1 heterocycles. The Hall–Kier alpha value is -1.59. The van der Waals surface area contributed by atoms with E-state index in [0.717, 1.165) is 53.5 Å². The van der Waals surface area contributed by atoms with Gasteiger partial charge in [0.1, 0.15) is 0 Å². The number of thiol groups is 1. The van der Waals surface area contributed by atoms with Crippen molar-refractivity contribution >= 4 is 29.9 Å². The average Bonchev–Trinajstić information content (AvgIpc) is 3.17. The third kappa shape index (κ3) is 5.02. The summed E-state index contributed by atoms with van der Waals surface area (Å²) < 4.78 is 11.8. The molecule has 27 heavy (non-hydrogen) atoms. The predicted molar refractivity (Wildman–Crippen MR) is 115 cm³/mol. The summed E-state index contributed by atoms with van der Waals surface area (Å²) in [4.78, 5) is 6.43. The number of nitrogens with zero attached hydrogens (tertiary/aromatic N) is 2. The fourth-order valence-electron chi connectivity index (χ4n) is 3.51. The number of benzene rings is 1. The molecule has 0 spiro atoms. The number of methoxy groups -OCH3 is 1. The SMILES string of the molecule is COc1ccc(N(CCS)Cc2c(C)cncc2Cl)cc1OC1CCCC1. The second kappa shape index (κ2) is 9.56. The zero-order valence-corrected chi connectivity index (χ0v) is 17.6. The number of anilines is 1. The summed E-state index contributed by atoms with van der Waals surface area (Å²) in [5.74, 6) is 2.32. The summed E-state index contributed by atoms with van der Waals surface area (Å²) in [6.07, 6.45) is 8.52. The van der Waals surface area contributed by atoms with Crippen LogP contribution in [0.4, 0.5) is 5.69 Å². The van der Waals surface area contributed by atoms with Crippen LogP contribution >= 0.6 is 24.2 Å². The second-order valence-corrected chi connectivity index (χ2v) is 7.78. The van der Waals surface area contributed by atoms with Crippen molar-refractivity contribution in [2.75, 3.05) is 24.3 Å². The summed E-state index contributed by atoms with van der Waals surface area (Å²) in [7, 11) is 1.68. The molecule has 1 aliphatic carbocycles. The Morgan fingerprint density at radius 2 is 2.00 bits per heavy atom. The molecule has 0 saturated heterocycles. The maximum Gasteiger partial charge on any atom is 0.163 e. The van der Waals surface area contributed by atoms with Gasteiger partial charge in [-0.25, -0.2) is 0 Å². The molecule has 0 aliphatic heterocycles. The number of aromatic nitrogens is 1. The molecule has 2 aromatic rings. The van der Waals surface area contributed by atoms with Gasteiger partial charge in [-0.3, -0.25) is 4.98 Å². The second-order valence-electron chi connectivity index (χ2n) is 6.92. The molecule has 0 amide bonds. The third-order valence-electron chi connectivity index (χ3n) is 5.05. The zero-order valence-electron chi connectivity index (χ0n) is 15.9. The number of hydrogen-bond acceptors (Lipinski definition) is 5. The molecule has 1 aromatic heterocycles. The molecule has 1 aliphatic rings. The first-order chi connectivity index (χ1) is 13.1. The first kappa shape index (κ1) is 20.2. The van der Waals surface area contributed by atoms with Crippen LogP contribution in [-0.2, 0) is 6.54 Å². The van der Waals surface area contributed by atoms with E-state index in [1.165, 1.54) is 12.8 Å². The maximum absolute atomic E-state index is 6.40. The molecular formula is C21H27ClN2O2S. The Balaban J connectivity index is 1.88. The minimum absolute atomic E-state index is 0.282. The lowest BCUT2D eigenvalue weighted by Gasteiger charge is -2.27. The van der Waals surface area contributed by atoms with Gasteiger partial charge in [-0.15, -0.1) is 0 Å². The summed E-state index contributed by atoms with van der Waals surface area (Å²) in [5, 5.41) is 0.690. The first-order valence-electron chi connectivity index (χ1n) is 9.42. The van der Waals surface area contributed by atoms with Gasteiger partial charge in [-0.05, 0) is 55.9 Å². The lowest BCUT2D eigenvalue weighted by atomic mass is 10.1. The number of ether oxygens (including phenoxy) is 2. The van der Waals surface area contributed by atoms with Gasteiger partial charge >= 0.3 is 0 Å². The highest BCUT2D eigenvalue weighted by molar-refractivity contribution is 7.80. The minimum Gasteiger partial charge on any atom is -0.493 e. The number of pyridine rings is 1. The molecule has 0 atom stereocenters. The van der Waals surface area contributed by atoms with Crippen LogP contribution in [0.2, 0.25) is 5.02 Å². The number of aryl methyl sites for hydroxylation is 1. The van der Waals surface area contributed by atoms with Crippen LogP contribution in [0, 0.1) is 6.92 Å². The van der Waals surface area contributed by atoms with Crippen molar-refractivity contribution in [3.8, 4) is 11.5 Å². The standard InChI is InChI=1S/C21H27ClN2O2S/c1-15-12-23-13-19(22)18(15)14-24(9-10-27)16-7-8-20(25-2)21(11-16)26-17-5-3-4-6-17/h7-8,11-13,17,27H,3-6,9-10,14H2,1-2H3. The minimum atomic E-state index is 0.282. The number of rotatable bonds is 8. The molecular weight excluding hydrogens is 380 g/mol. The summed E-state index contributed by atoms with van der Waals surface area (Å²) in [5.41, 5.74) is 3.25. The van der Waals surface area contributed by atoms with Crippen LogP contribution < -0.4 is 14.4 Å². The van der Waals surface area contributed by atoms with Gasteiger partial charge in [-0.1, -0.05) is 11.6 Å². The van der Waals surface area contributed by atoms with E-state index < -0.39 is 0 Å². The van der Waals surface area contributed by atoms with Crippen LogP contribution in [0.1, 0.15) is 36.8 Å². The van der Waals surface area contributed by atoms with Gasteiger partial charge in [0.2, 0.25) is 0 Å². The molecule has 3 rings (SSSR count). The fraction of sp³-hybridized carbons (Fsp3) is 0.476. The van der Waals surface area contributed by atoms with Crippen molar-refractivity contribution in [1.29, 1.82) is 0 Å². The van der Waals surface area contributed by atoms with Gasteiger partial charge in [0, 0.05) is 43.0 Å². The Bertz CT molecular complexity index is 746. The zero-order chi connectivity index (χ0) is 19.2. The van der Waals surface area contributed by atoms with E-state index in [2.05, 4.69) is 34.6 Å². The lowest BCUT2D eigenvalue weighted by molar-refractivity contribution is 0.201. The van der Waals surface area contributed by atoms with Crippen LogP contribution in [0.25, 0.3) is 0 Å². The molecule has 146 valence electrons. The van der Waals surface area contributed by atoms with Crippen LogP contribution in [0.15, 0.2) is 30.6 Å². The molecule has 0 bridgehead atoms. The molecule has 1 aromatic carbocycles. The van der Waals surface area contributed by atoms with E-state index in [0.29, 0.717) is 11.6 Å². The molecule has 0 radical (unpaired) electrons. The number of hydrogen-bond donors (Lipinski definition) is 1. The van der Waals surface area contributed by atoms with Crippen molar-refractivity contribution in [2.24, 2.45) is 0 Å². The van der Waals surface area contributed by atoms with Crippen LogP contribution in [-0.4, -0.2) is 30.5 Å². The largest absolute Gasteiger partial charge is 0.493 e. The van der Waals surface area contributed by atoms with Gasteiger partial charge in [0.25, 0.3) is 0 Å². The lowest BCUT2D eigenvalue weighted by Crippen LogP contribution is -2.25. The Labute approximate surface area is 172 Å². The molecule has 6 heteroatoms. The molecule has 1 saturated carbocycles. The Morgan fingerprint density at radius 1 is 1.22 bits per heavy atom. The fourth-order valence-corrected chi connectivity index (χ4v) is 4.02. The van der Waals surface area contributed by atoms with E-state index in [1.54, 1.807) is 13.3 Å². The van der Waals surface area contributed by atoms with Crippen molar-refractivity contribution in [3.63, 3.8) is 0 Å². The van der Waals surface area contributed by atoms with Crippen molar-refractivity contribution in [3.05, 3.63) is 46.7 Å². The molecule has 0 N–H and O–H groups in total. The van der Waals surface area contributed by atoms with Gasteiger partial charge in [0.15, 0.2) is 11.5 Å². The van der Waals surface area contributed by atoms with E-state index in [9.17, 15) is 0 Å². The predicted octanol–water partition coefficient (Wildman–Crippen LogP) is 5.31. The van der Waals surface area contributed by atoms with Crippen molar-refractivity contribution in [2.45, 2.75) is 45.3 Å². The van der Waals surface area contributed by atoms with Gasteiger partial charge < -0.3 is 14.4 Å². The highest BCUT2D eigenvalue weighted by Crippen LogP contribution is 2.36. The smallest absolute Gasteiger partial charge is 0.163 e.